The zero-order valence-electron chi connectivity index (χ0n) is 12.1. The van der Waals surface area contributed by atoms with Gasteiger partial charge in [-0.1, -0.05) is 0 Å². The molecule has 1 aliphatic rings. The normalized spacial score (nSPS) is 19.5. The van der Waals surface area contributed by atoms with Crippen LogP contribution in [0.15, 0.2) is 24.3 Å². The molecule has 0 aromatic heterocycles. The van der Waals surface area contributed by atoms with Crippen LogP contribution in [0.25, 0.3) is 0 Å². The Morgan fingerprint density at radius 3 is 2.67 bits per heavy atom. The van der Waals surface area contributed by atoms with Gasteiger partial charge in [0.2, 0.25) is 10.0 Å². The SMILES string of the molecule is CS(=O)(=O)NCC1CCCN(C(=O)c2ccc(N)cc2)C1. The molecule has 0 radical (unpaired) electrons. The van der Waals surface area contributed by atoms with E-state index in [4.69, 9.17) is 5.73 Å². The third kappa shape index (κ3) is 4.71. The molecule has 2 rings (SSSR count). The second-order valence-electron chi connectivity index (χ2n) is 5.50. The van der Waals surface area contributed by atoms with Crippen LogP contribution < -0.4 is 10.5 Å². The summed E-state index contributed by atoms with van der Waals surface area (Å²) in [5, 5.41) is 0. The third-order valence-corrected chi connectivity index (χ3v) is 4.29. The molecule has 1 aliphatic heterocycles. The first-order chi connectivity index (χ1) is 9.85. The summed E-state index contributed by atoms with van der Waals surface area (Å²) < 4.78 is 24.8. The van der Waals surface area contributed by atoms with E-state index < -0.39 is 10.0 Å². The number of carbonyl (C=O) groups excluding carboxylic acids is 1. The lowest BCUT2D eigenvalue weighted by molar-refractivity contribution is 0.0676. The van der Waals surface area contributed by atoms with Gasteiger partial charge in [0.05, 0.1) is 6.26 Å². The summed E-state index contributed by atoms with van der Waals surface area (Å²) in [5.74, 6) is 0.130. The number of hydrogen-bond donors (Lipinski definition) is 2. The van der Waals surface area contributed by atoms with Gasteiger partial charge in [0.1, 0.15) is 0 Å². The van der Waals surface area contributed by atoms with Crippen LogP contribution in [0.4, 0.5) is 5.69 Å². The van der Waals surface area contributed by atoms with Crippen LogP contribution in [0, 0.1) is 5.92 Å². The van der Waals surface area contributed by atoms with Crippen LogP contribution in [-0.2, 0) is 10.0 Å². The standard InChI is InChI=1S/C14H21N3O3S/c1-21(19,20)16-9-11-3-2-8-17(10-11)14(18)12-4-6-13(15)7-5-12/h4-7,11,16H,2-3,8-10,15H2,1H3. The molecule has 116 valence electrons. The number of piperidine rings is 1. The van der Waals surface area contributed by atoms with Gasteiger partial charge in [-0.05, 0) is 43.0 Å². The van der Waals surface area contributed by atoms with Gasteiger partial charge in [0.25, 0.3) is 5.91 Å². The topological polar surface area (TPSA) is 92.5 Å². The van der Waals surface area contributed by atoms with Crippen molar-refractivity contribution in [3.63, 3.8) is 0 Å². The van der Waals surface area contributed by atoms with Gasteiger partial charge < -0.3 is 10.6 Å². The Bertz CT molecular complexity index is 598. The first-order valence-electron chi connectivity index (χ1n) is 6.94. The summed E-state index contributed by atoms with van der Waals surface area (Å²) >= 11 is 0. The van der Waals surface area contributed by atoms with Crippen LogP contribution >= 0.6 is 0 Å². The molecular weight excluding hydrogens is 290 g/mol. The molecule has 1 fully saturated rings. The fourth-order valence-corrected chi connectivity index (χ4v) is 3.03. The van der Waals surface area contributed by atoms with Gasteiger partial charge in [-0.15, -0.1) is 0 Å². The van der Waals surface area contributed by atoms with E-state index in [-0.39, 0.29) is 11.8 Å². The average molecular weight is 311 g/mol. The van der Waals surface area contributed by atoms with E-state index in [9.17, 15) is 13.2 Å². The third-order valence-electron chi connectivity index (χ3n) is 3.60. The van der Waals surface area contributed by atoms with Gasteiger partial charge in [0.15, 0.2) is 0 Å². The molecule has 0 bridgehead atoms. The summed E-state index contributed by atoms with van der Waals surface area (Å²) in [6.07, 6.45) is 2.96. The van der Waals surface area contributed by atoms with Crippen molar-refractivity contribution in [3.8, 4) is 0 Å². The average Bonchev–Trinajstić information content (AvgIpc) is 2.45. The number of benzene rings is 1. The lowest BCUT2D eigenvalue weighted by atomic mass is 9.97. The Balaban J connectivity index is 1.97. The number of amides is 1. The molecule has 21 heavy (non-hydrogen) atoms. The number of hydrogen-bond acceptors (Lipinski definition) is 4. The predicted molar refractivity (Wildman–Crippen MR) is 82.3 cm³/mol. The molecule has 1 unspecified atom stereocenters. The second-order valence-corrected chi connectivity index (χ2v) is 7.34. The lowest BCUT2D eigenvalue weighted by Gasteiger charge is -2.32. The molecule has 1 heterocycles. The highest BCUT2D eigenvalue weighted by atomic mass is 32.2. The lowest BCUT2D eigenvalue weighted by Crippen LogP contribution is -2.43. The van der Waals surface area contributed by atoms with E-state index in [0.717, 1.165) is 19.1 Å². The highest BCUT2D eigenvalue weighted by Gasteiger charge is 2.24. The first kappa shape index (κ1) is 15.8. The molecule has 3 N–H and O–H groups in total. The minimum absolute atomic E-state index is 0.0287. The number of nitrogens with zero attached hydrogens (tertiary/aromatic N) is 1. The Labute approximate surface area is 125 Å². The van der Waals surface area contributed by atoms with E-state index in [1.165, 1.54) is 0 Å². The molecule has 6 nitrogen and oxygen atoms in total. The summed E-state index contributed by atoms with van der Waals surface area (Å²) in [5.41, 5.74) is 6.85. The molecule has 0 saturated carbocycles. The van der Waals surface area contributed by atoms with Crippen molar-refractivity contribution >= 4 is 21.6 Å². The molecule has 1 atom stereocenters. The van der Waals surface area contributed by atoms with Crippen LogP contribution in [0.2, 0.25) is 0 Å². The maximum atomic E-state index is 12.4. The Morgan fingerprint density at radius 2 is 2.05 bits per heavy atom. The summed E-state index contributed by atoms with van der Waals surface area (Å²) in [6.45, 7) is 1.66. The van der Waals surface area contributed by atoms with E-state index in [1.54, 1.807) is 29.2 Å². The van der Waals surface area contributed by atoms with E-state index >= 15 is 0 Å². The van der Waals surface area contributed by atoms with Gasteiger partial charge in [-0.25, -0.2) is 13.1 Å². The molecule has 1 saturated heterocycles. The summed E-state index contributed by atoms with van der Waals surface area (Å²) in [4.78, 5) is 14.2. The molecule has 1 amide bonds. The van der Waals surface area contributed by atoms with Crippen LogP contribution in [-0.4, -0.2) is 45.1 Å². The fourth-order valence-electron chi connectivity index (χ4n) is 2.49. The van der Waals surface area contributed by atoms with Gasteiger partial charge in [-0.2, -0.15) is 0 Å². The highest BCUT2D eigenvalue weighted by molar-refractivity contribution is 7.88. The first-order valence-corrected chi connectivity index (χ1v) is 8.84. The minimum Gasteiger partial charge on any atom is -0.399 e. The van der Waals surface area contributed by atoms with Gasteiger partial charge in [-0.3, -0.25) is 4.79 Å². The smallest absolute Gasteiger partial charge is 0.253 e. The number of anilines is 1. The van der Waals surface area contributed by atoms with Crippen LogP contribution in [0.3, 0.4) is 0 Å². The summed E-state index contributed by atoms with van der Waals surface area (Å²) in [6, 6.07) is 6.85. The predicted octanol–water partition coefficient (Wildman–Crippen LogP) is 0.670. The maximum absolute atomic E-state index is 12.4. The Morgan fingerprint density at radius 1 is 1.38 bits per heavy atom. The molecular formula is C14H21N3O3S. The number of nitrogens with one attached hydrogen (secondary N) is 1. The molecule has 7 heteroatoms. The minimum atomic E-state index is -3.19. The number of carbonyl (C=O) groups is 1. The van der Waals surface area contributed by atoms with Crippen molar-refractivity contribution in [2.45, 2.75) is 12.8 Å². The molecule has 0 aliphatic carbocycles. The van der Waals surface area contributed by atoms with Gasteiger partial charge in [0, 0.05) is 30.9 Å². The molecule has 0 spiro atoms. The number of rotatable bonds is 4. The van der Waals surface area contributed by atoms with Crippen molar-refractivity contribution in [2.75, 3.05) is 31.6 Å². The number of nitrogens with two attached hydrogens (primary N) is 1. The number of nitrogen functional groups attached to an aromatic ring is 1. The van der Waals surface area contributed by atoms with Crippen molar-refractivity contribution < 1.29 is 13.2 Å². The van der Waals surface area contributed by atoms with Crippen molar-refractivity contribution in [2.24, 2.45) is 5.92 Å². The molecule has 1 aromatic rings. The fraction of sp³-hybridized carbons (Fsp3) is 0.500. The van der Waals surface area contributed by atoms with Gasteiger partial charge >= 0.3 is 0 Å². The highest BCUT2D eigenvalue weighted by Crippen LogP contribution is 2.18. The van der Waals surface area contributed by atoms with Crippen molar-refractivity contribution in [1.82, 2.24) is 9.62 Å². The number of sulfonamides is 1. The second kappa shape index (κ2) is 6.44. The summed E-state index contributed by atoms with van der Waals surface area (Å²) in [7, 11) is -3.19. The number of likely N-dealkylation sites (tertiary alicyclic amines) is 1. The Kier molecular flexibility index (Phi) is 4.84. The Hall–Kier alpha value is -1.60. The van der Waals surface area contributed by atoms with E-state index in [2.05, 4.69) is 4.72 Å². The van der Waals surface area contributed by atoms with E-state index in [0.29, 0.717) is 30.9 Å². The van der Waals surface area contributed by atoms with Crippen molar-refractivity contribution in [1.29, 1.82) is 0 Å². The maximum Gasteiger partial charge on any atom is 0.253 e. The quantitative estimate of drug-likeness (QED) is 0.799. The zero-order valence-corrected chi connectivity index (χ0v) is 12.9. The van der Waals surface area contributed by atoms with E-state index in [1.807, 2.05) is 0 Å². The van der Waals surface area contributed by atoms with Crippen LogP contribution in [0.5, 0.6) is 0 Å². The van der Waals surface area contributed by atoms with Crippen molar-refractivity contribution in [3.05, 3.63) is 29.8 Å². The zero-order chi connectivity index (χ0) is 15.5. The van der Waals surface area contributed by atoms with Crippen LogP contribution in [0.1, 0.15) is 23.2 Å². The monoisotopic (exact) mass is 311 g/mol. The largest absolute Gasteiger partial charge is 0.399 e. The molecule has 1 aromatic carbocycles.